The van der Waals surface area contributed by atoms with Gasteiger partial charge in [-0.2, -0.15) is 0 Å². The Balaban J connectivity index is 1.94. The van der Waals surface area contributed by atoms with Gasteiger partial charge in [-0.15, -0.1) is 0 Å². The van der Waals surface area contributed by atoms with Gasteiger partial charge in [-0.1, -0.05) is 13.0 Å². The number of ether oxygens (including phenoxy) is 3. The van der Waals surface area contributed by atoms with Gasteiger partial charge in [0.25, 0.3) is 0 Å². The molecule has 2 rings (SSSR count). The fourth-order valence-corrected chi connectivity index (χ4v) is 2.76. The summed E-state index contributed by atoms with van der Waals surface area (Å²) in [6.07, 6.45) is 0.265. The number of carboxylic acid groups (broad SMARTS) is 1. The van der Waals surface area contributed by atoms with Crippen LogP contribution in [0.25, 0.3) is 0 Å². The number of allylic oxidation sites excluding steroid dienone is 1. The first-order chi connectivity index (χ1) is 12.7. The minimum absolute atomic E-state index is 0.154. The molecule has 0 amide bonds. The van der Waals surface area contributed by atoms with Crippen molar-refractivity contribution >= 4 is 17.9 Å². The van der Waals surface area contributed by atoms with Crippen LogP contribution in [0.5, 0.6) is 0 Å². The van der Waals surface area contributed by atoms with Crippen molar-refractivity contribution in [2.45, 2.75) is 44.3 Å². The Bertz CT molecular complexity index is 644. The van der Waals surface area contributed by atoms with E-state index in [1.165, 1.54) is 11.1 Å². The van der Waals surface area contributed by atoms with E-state index in [1.54, 1.807) is 19.2 Å². The van der Waals surface area contributed by atoms with Crippen LogP contribution in [-0.2, 0) is 28.6 Å². The van der Waals surface area contributed by atoms with Gasteiger partial charge < -0.3 is 34.4 Å². The predicted octanol–water partition coefficient (Wildman–Crippen LogP) is -0.637. The summed E-state index contributed by atoms with van der Waals surface area (Å²) in [6.45, 7) is 1.46. The zero-order valence-electron chi connectivity index (χ0n) is 15.0. The zero-order valence-corrected chi connectivity index (χ0v) is 15.0. The second-order valence-electron chi connectivity index (χ2n) is 6.34. The highest BCUT2D eigenvalue weighted by Gasteiger charge is 2.44. The minimum atomic E-state index is -1.65. The third kappa shape index (κ3) is 5.06. The van der Waals surface area contributed by atoms with Crippen molar-refractivity contribution in [3.05, 3.63) is 24.0 Å². The van der Waals surface area contributed by atoms with E-state index in [9.17, 15) is 24.6 Å². The number of aliphatic carboxylic acids is 1. The van der Waals surface area contributed by atoms with Gasteiger partial charge >= 0.3 is 17.9 Å². The van der Waals surface area contributed by atoms with Crippen LogP contribution in [0.15, 0.2) is 24.0 Å². The first-order valence-corrected chi connectivity index (χ1v) is 8.37. The quantitative estimate of drug-likeness (QED) is 0.484. The Kier molecular flexibility index (Phi) is 6.94. The monoisotopic (exact) mass is 385 g/mol. The van der Waals surface area contributed by atoms with Crippen LogP contribution in [0.1, 0.15) is 19.8 Å². The normalized spacial score (nSPS) is 28.4. The first-order valence-electron chi connectivity index (χ1n) is 8.37. The molecule has 1 fully saturated rings. The van der Waals surface area contributed by atoms with Crippen LogP contribution in [0.2, 0.25) is 0 Å². The number of hydrogen-bond acceptors (Lipinski definition) is 9. The van der Waals surface area contributed by atoms with Gasteiger partial charge in [-0.3, -0.25) is 4.79 Å². The highest BCUT2D eigenvalue weighted by atomic mass is 16.6. The Morgan fingerprint density at radius 1 is 1.41 bits per heavy atom. The molecule has 0 aromatic heterocycles. The maximum absolute atomic E-state index is 11.7. The van der Waals surface area contributed by atoms with Gasteiger partial charge in [-0.25, -0.2) is 9.59 Å². The number of carbonyl (C=O) groups excluding carboxylic acids is 2. The van der Waals surface area contributed by atoms with E-state index in [0.29, 0.717) is 0 Å². The average Bonchev–Trinajstić information content (AvgIpc) is 2.94. The summed E-state index contributed by atoms with van der Waals surface area (Å²) in [5, 5.41) is 29.1. The highest BCUT2D eigenvalue weighted by molar-refractivity contribution is 5.87. The van der Waals surface area contributed by atoms with Gasteiger partial charge in [0.05, 0.1) is 25.2 Å². The van der Waals surface area contributed by atoms with Crippen molar-refractivity contribution < 1.29 is 43.9 Å². The molecule has 2 heterocycles. The Hall–Kier alpha value is -2.43. The molecule has 27 heavy (non-hydrogen) atoms. The number of carboxylic acids is 1. The third-order valence-electron chi connectivity index (χ3n) is 4.47. The predicted molar refractivity (Wildman–Crippen MR) is 88.7 cm³/mol. The van der Waals surface area contributed by atoms with Crippen LogP contribution < -0.4 is 0 Å². The molecule has 0 radical (unpaired) electrons. The Morgan fingerprint density at radius 3 is 2.74 bits per heavy atom. The van der Waals surface area contributed by atoms with E-state index in [2.05, 4.69) is 4.74 Å². The van der Waals surface area contributed by atoms with E-state index < -0.39 is 54.8 Å². The number of rotatable bonds is 7. The van der Waals surface area contributed by atoms with Crippen molar-refractivity contribution in [3.63, 3.8) is 0 Å². The van der Waals surface area contributed by atoms with Crippen molar-refractivity contribution in [2.24, 2.45) is 5.92 Å². The maximum Gasteiger partial charge on any atom is 0.335 e. The maximum atomic E-state index is 11.7. The summed E-state index contributed by atoms with van der Waals surface area (Å²) in [7, 11) is 1.13. The minimum Gasteiger partial charge on any atom is -0.478 e. The Morgan fingerprint density at radius 2 is 2.11 bits per heavy atom. The van der Waals surface area contributed by atoms with Gasteiger partial charge in [0, 0.05) is 24.7 Å². The number of nitrogens with zero attached hydrogens (tertiary/aromatic N) is 1. The standard InChI is InChI=1S/C17H23NO9/c1-9-12(8-26-17(24)11(19)6-13(20)25-2)27-15(14(9)21)18-5-3-4-10(7-18)16(22)23/h3,5,7,9,11-12,14-15,19,21H,4,6,8H2,1-2H3,(H,22,23)/t9-,11+,12-,14-,15-/m1/s1. The SMILES string of the molecule is COC(=O)C[C@H](O)C(=O)OC[C@H]1O[C@@H](N2C=CCC(C(=O)O)=C2)[C@H](O)[C@@H]1C. The third-order valence-corrected chi connectivity index (χ3v) is 4.47. The molecule has 1 saturated heterocycles. The number of aliphatic hydroxyl groups excluding tert-OH is 2. The molecule has 150 valence electrons. The topological polar surface area (TPSA) is 143 Å². The van der Waals surface area contributed by atoms with E-state index in [4.69, 9.17) is 14.6 Å². The molecule has 0 spiro atoms. The number of esters is 2. The van der Waals surface area contributed by atoms with Crippen molar-refractivity contribution in [1.82, 2.24) is 4.90 Å². The molecular formula is C17H23NO9. The van der Waals surface area contributed by atoms with E-state index in [1.807, 2.05) is 0 Å². The molecule has 0 bridgehead atoms. The fourth-order valence-electron chi connectivity index (χ4n) is 2.76. The fraction of sp³-hybridized carbons (Fsp3) is 0.588. The van der Waals surface area contributed by atoms with Crippen LogP contribution in [0.4, 0.5) is 0 Å². The lowest BCUT2D eigenvalue weighted by Gasteiger charge is -2.28. The molecule has 2 aliphatic rings. The first kappa shape index (κ1) is 20.9. The molecule has 2 aliphatic heterocycles. The summed E-state index contributed by atoms with van der Waals surface area (Å²) in [4.78, 5) is 35.4. The molecule has 10 heteroatoms. The van der Waals surface area contributed by atoms with Crippen LogP contribution in [0.3, 0.4) is 0 Å². The summed E-state index contributed by atoms with van der Waals surface area (Å²) in [5.41, 5.74) is 0.154. The molecule has 5 atom stereocenters. The van der Waals surface area contributed by atoms with Crippen molar-refractivity contribution in [3.8, 4) is 0 Å². The summed E-state index contributed by atoms with van der Waals surface area (Å²) in [5.74, 6) is -3.23. The van der Waals surface area contributed by atoms with Gasteiger partial charge in [0.2, 0.25) is 0 Å². The smallest absolute Gasteiger partial charge is 0.335 e. The van der Waals surface area contributed by atoms with Crippen LogP contribution in [-0.4, -0.2) is 76.4 Å². The van der Waals surface area contributed by atoms with E-state index >= 15 is 0 Å². The molecule has 0 aromatic rings. The molecule has 0 aliphatic carbocycles. The van der Waals surface area contributed by atoms with E-state index in [-0.39, 0.29) is 18.6 Å². The lowest BCUT2D eigenvalue weighted by atomic mass is 10.0. The highest BCUT2D eigenvalue weighted by Crippen LogP contribution is 2.31. The van der Waals surface area contributed by atoms with Gasteiger partial charge in [0.15, 0.2) is 12.3 Å². The average molecular weight is 385 g/mol. The molecular weight excluding hydrogens is 362 g/mol. The zero-order chi connectivity index (χ0) is 20.1. The second-order valence-corrected chi connectivity index (χ2v) is 6.34. The number of aliphatic hydroxyl groups is 2. The lowest BCUT2D eigenvalue weighted by molar-refractivity contribution is -0.163. The van der Waals surface area contributed by atoms with Crippen molar-refractivity contribution in [2.75, 3.05) is 13.7 Å². The molecule has 0 saturated carbocycles. The van der Waals surface area contributed by atoms with Crippen LogP contribution in [0, 0.1) is 5.92 Å². The van der Waals surface area contributed by atoms with Gasteiger partial charge in [-0.05, 0) is 0 Å². The summed E-state index contributed by atoms with van der Waals surface area (Å²) >= 11 is 0. The van der Waals surface area contributed by atoms with E-state index in [0.717, 1.165) is 7.11 Å². The number of hydrogen-bond donors (Lipinski definition) is 3. The van der Waals surface area contributed by atoms with Crippen LogP contribution >= 0.6 is 0 Å². The molecule has 3 N–H and O–H groups in total. The number of carbonyl (C=O) groups is 3. The molecule has 10 nitrogen and oxygen atoms in total. The Labute approximate surface area is 155 Å². The largest absolute Gasteiger partial charge is 0.478 e. The lowest BCUT2D eigenvalue weighted by Crippen LogP contribution is -2.37. The summed E-state index contributed by atoms with van der Waals surface area (Å²) < 4.78 is 15.1. The number of methoxy groups -OCH3 is 1. The van der Waals surface area contributed by atoms with Gasteiger partial charge in [0.1, 0.15) is 12.7 Å². The van der Waals surface area contributed by atoms with Crippen molar-refractivity contribution in [1.29, 1.82) is 0 Å². The molecule has 0 unspecified atom stereocenters. The summed E-state index contributed by atoms with van der Waals surface area (Å²) in [6, 6.07) is 0. The molecule has 0 aromatic carbocycles. The second kappa shape index (κ2) is 8.98.